The highest BCUT2D eigenvalue weighted by Gasteiger charge is 2.37. The molecule has 0 aliphatic carbocycles. The van der Waals surface area contributed by atoms with E-state index in [9.17, 15) is 22.4 Å². The SMILES string of the molecule is CCC1C(=O)Nc2ncnc(N3CCC(c4nc(-c5ccc(F)c(C(F)(F)F)c5)cn4C[C@@H]4CCCCN4)CC3)c21.Cl.Cl.Cl. The summed E-state index contributed by atoms with van der Waals surface area (Å²) in [5.74, 6) is 0.647. The van der Waals surface area contributed by atoms with Gasteiger partial charge in [-0.25, -0.2) is 19.3 Å². The second-order valence-electron chi connectivity index (χ2n) is 11.1. The molecular formula is C29H36Cl3F4N7O. The second kappa shape index (κ2) is 14.6. The number of carbonyl (C=O) groups is 1. The van der Waals surface area contributed by atoms with Crippen molar-refractivity contribution in [2.75, 3.05) is 29.9 Å². The number of alkyl halides is 3. The Morgan fingerprint density at radius 3 is 2.45 bits per heavy atom. The van der Waals surface area contributed by atoms with Crippen LogP contribution in [0.4, 0.5) is 29.2 Å². The van der Waals surface area contributed by atoms with Gasteiger partial charge in [-0.1, -0.05) is 13.3 Å². The van der Waals surface area contributed by atoms with Crippen LogP contribution in [0.1, 0.15) is 74.2 Å². The fourth-order valence-corrected chi connectivity index (χ4v) is 6.39. The molecule has 44 heavy (non-hydrogen) atoms. The molecule has 2 aromatic heterocycles. The molecule has 242 valence electrons. The van der Waals surface area contributed by atoms with E-state index in [1.54, 1.807) is 0 Å². The quantitative estimate of drug-likeness (QED) is 0.281. The average molecular weight is 681 g/mol. The van der Waals surface area contributed by atoms with E-state index in [0.29, 0.717) is 37.6 Å². The number of anilines is 2. The van der Waals surface area contributed by atoms with Gasteiger partial charge in [0.05, 0.1) is 17.2 Å². The van der Waals surface area contributed by atoms with Gasteiger partial charge >= 0.3 is 6.18 Å². The van der Waals surface area contributed by atoms with Crippen LogP contribution in [-0.4, -0.2) is 51.1 Å². The topological polar surface area (TPSA) is 88.0 Å². The number of benzene rings is 1. The molecule has 0 radical (unpaired) electrons. The number of rotatable bonds is 6. The van der Waals surface area contributed by atoms with Crippen molar-refractivity contribution in [2.24, 2.45) is 0 Å². The number of imidazole rings is 1. The third-order valence-corrected chi connectivity index (χ3v) is 8.54. The maximum Gasteiger partial charge on any atom is 0.419 e. The van der Waals surface area contributed by atoms with Crippen LogP contribution in [-0.2, 0) is 17.5 Å². The van der Waals surface area contributed by atoms with Crippen LogP contribution >= 0.6 is 37.2 Å². The van der Waals surface area contributed by atoms with Crippen molar-refractivity contribution in [3.8, 4) is 11.3 Å². The van der Waals surface area contributed by atoms with E-state index in [4.69, 9.17) is 4.98 Å². The number of aromatic nitrogens is 4. The Morgan fingerprint density at radius 1 is 1.05 bits per heavy atom. The fraction of sp³-hybridized carbons (Fsp3) is 0.517. The number of hydrogen-bond acceptors (Lipinski definition) is 6. The smallest absolute Gasteiger partial charge is 0.356 e. The Labute approximate surface area is 272 Å². The van der Waals surface area contributed by atoms with E-state index in [-0.39, 0.29) is 66.6 Å². The molecule has 3 aliphatic heterocycles. The summed E-state index contributed by atoms with van der Waals surface area (Å²) in [5, 5.41) is 6.41. The van der Waals surface area contributed by atoms with Crippen LogP contribution in [0.25, 0.3) is 11.3 Å². The molecule has 3 aliphatic rings. The lowest BCUT2D eigenvalue weighted by Crippen LogP contribution is -2.38. The maximum absolute atomic E-state index is 14.0. The Hall–Kier alpha value is -2.67. The number of piperidine rings is 2. The Morgan fingerprint density at radius 2 is 1.80 bits per heavy atom. The van der Waals surface area contributed by atoms with Gasteiger partial charge in [0.25, 0.3) is 0 Å². The van der Waals surface area contributed by atoms with Crippen molar-refractivity contribution < 1.29 is 22.4 Å². The molecule has 8 nitrogen and oxygen atoms in total. The highest BCUT2D eigenvalue weighted by Crippen LogP contribution is 2.41. The van der Waals surface area contributed by atoms with Crippen LogP contribution < -0.4 is 15.5 Å². The zero-order valence-corrected chi connectivity index (χ0v) is 26.5. The summed E-state index contributed by atoms with van der Waals surface area (Å²) >= 11 is 0. The highest BCUT2D eigenvalue weighted by molar-refractivity contribution is 6.03. The molecule has 2 saturated heterocycles. The monoisotopic (exact) mass is 679 g/mol. The van der Waals surface area contributed by atoms with Crippen molar-refractivity contribution in [1.82, 2.24) is 24.8 Å². The molecule has 1 aromatic carbocycles. The summed E-state index contributed by atoms with van der Waals surface area (Å²) in [7, 11) is 0. The number of carbonyl (C=O) groups excluding carboxylic acids is 1. The summed E-state index contributed by atoms with van der Waals surface area (Å²) in [6.07, 6.45) is 3.96. The first-order valence-electron chi connectivity index (χ1n) is 14.3. The van der Waals surface area contributed by atoms with Crippen molar-refractivity contribution in [3.05, 3.63) is 53.5 Å². The van der Waals surface area contributed by atoms with Crippen molar-refractivity contribution in [2.45, 2.75) is 76.0 Å². The maximum atomic E-state index is 14.0. The molecule has 2 fully saturated rings. The Kier molecular flexibility index (Phi) is 11.9. The predicted octanol–water partition coefficient (Wildman–Crippen LogP) is 6.74. The van der Waals surface area contributed by atoms with Gasteiger partial charge in [-0.3, -0.25) is 4.79 Å². The van der Waals surface area contributed by atoms with Crippen LogP contribution in [0.5, 0.6) is 0 Å². The van der Waals surface area contributed by atoms with Crippen molar-refractivity contribution in [1.29, 1.82) is 0 Å². The van der Waals surface area contributed by atoms with E-state index in [0.717, 1.165) is 68.0 Å². The van der Waals surface area contributed by atoms with Gasteiger partial charge in [-0.15, -0.1) is 37.2 Å². The van der Waals surface area contributed by atoms with Gasteiger partial charge < -0.3 is 20.1 Å². The van der Waals surface area contributed by atoms with Crippen LogP contribution in [0.2, 0.25) is 0 Å². The van der Waals surface area contributed by atoms with Gasteiger partial charge in [-0.05, 0) is 56.8 Å². The molecule has 2 atom stereocenters. The van der Waals surface area contributed by atoms with Crippen LogP contribution in [0.3, 0.4) is 0 Å². The average Bonchev–Trinajstić information content (AvgIpc) is 3.53. The molecule has 3 aromatic rings. The lowest BCUT2D eigenvalue weighted by atomic mass is 9.94. The van der Waals surface area contributed by atoms with E-state index >= 15 is 0 Å². The van der Waals surface area contributed by atoms with Crippen LogP contribution in [0.15, 0.2) is 30.7 Å². The number of fused-ring (bicyclic) bond motifs is 1. The van der Waals surface area contributed by atoms with Gasteiger partial charge in [0.15, 0.2) is 0 Å². The highest BCUT2D eigenvalue weighted by atomic mass is 35.5. The number of hydrogen-bond donors (Lipinski definition) is 2. The molecule has 0 bridgehead atoms. The first kappa shape index (κ1) is 35.8. The van der Waals surface area contributed by atoms with Crippen LogP contribution in [0, 0.1) is 5.82 Å². The van der Waals surface area contributed by atoms with Gasteiger partial charge in [-0.2, -0.15) is 13.2 Å². The zero-order valence-electron chi connectivity index (χ0n) is 24.1. The number of halogens is 7. The first-order valence-corrected chi connectivity index (χ1v) is 14.3. The third-order valence-electron chi connectivity index (χ3n) is 8.54. The molecular weight excluding hydrogens is 645 g/mol. The molecule has 0 spiro atoms. The zero-order chi connectivity index (χ0) is 28.7. The van der Waals surface area contributed by atoms with E-state index < -0.39 is 17.6 Å². The van der Waals surface area contributed by atoms with Gasteiger partial charge in [0.2, 0.25) is 5.91 Å². The molecule has 2 N–H and O–H groups in total. The Balaban J connectivity index is 0.00000176. The number of amides is 1. The fourth-order valence-electron chi connectivity index (χ4n) is 6.39. The summed E-state index contributed by atoms with van der Waals surface area (Å²) < 4.78 is 56.4. The first-order chi connectivity index (χ1) is 19.7. The minimum atomic E-state index is -4.79. The predicted molar refractivity (Wildman–Crippen MR) is 168 cm³/mol. The molecule has 1 unspecified atom stereocenters. The lowest BCUT2D eigenvalue weighted by Gasteiger charge is -2.34. The van der Waals surface area contributed by atoms with E-state index in [2.05, 4.69) is 30.1 Å². The summed E-state index contributed by atoms with van der Waals surface area (Å²) in [5.41, 5.74) is 0.214. The molecule has 0 saturated carbocycles. The van der Waals surface area contributed by atoms with Crippen molar-refractivity contribution >= 4 is 54.8 Å². The third kappa shape index (κ3) is 7.08. The summed E-state index contributed by atoms with van der Waals surface area (Å²) in [6, 6.07) is 3.32. The summed E-state index contributed by atoms with van der Waals surface area (Å²) in [4.78, 5) is 28.3. The standard InChI is InChI=1S/C29H33F4N7O.3ClH/c1-2-20-24-25(38-28(20)41)35-16-36-27(24)39-11-8-17(9-12-39)26-37-23(15-40(26)14-19-5-3-4-10-34-19)18-6-7-22(30)21(13-18)29(31,32)33;;;/h6-7,13,15-17,19-20,34H,2-5,8-12,14H2,1H3,(H,35,36,38,41);3*1H/t19-,20?;;;/m0.../s1. The largest absolute Gasteiger partial charge is 0.419 e. The van der Waals surface area contributed by atoms with Crippen molar-refractivity contribution in [3.63, 3.8) is 0 Å². The second-order valence-corrected chi connectivity index (χ2v) is 11.1. The molecule has 6 rings (SSSR count). The minimum absolute atomic E-state index is 0. The van der Waals surface area contributed by atoms with Gasteiger partial charge in [0, 0.05) is 48.9 Å². The molecule has 1 amide bonds. The molecule has 15 heteroatoms. The molecule has 5 heterocycles. The Bertz CT molecular complexity index is 1440. The minimum Gasteiger partial charge on any atom is -0.356 e. The van der Waals surface area contributed by atoms with E-state index in [1.807, 2.05) is 13.1 Å². The van der Waals surface area contributed by atoms with Gasteiger partial charge in [0.1, 0.15) is 29.6 Å². The number of nitrogens with zero attached hydrogens (tertiary/aromatic N) is 5. The normalized spacial score (nSPS) is 20.2. The van der Waals surface area contributed by atoms with E-state index in [1.165, 1.54) is 12.4 Å². The number of nitrogens with one attached hydrogen (secondary N) is 2. The lowest BCUT2D eigenvalue weighted by molar-refractivity contribution is -0.140. The summed E-state index contributed by atoms with van der Waals surface area (Å²) in [6.45, 7) is 4.96.